The Morgan fingerprint density at radius 1 is 1.15 bits per heavy atom. The second-order valence-corrected chi connectivity index (χ2v) is 8.20. The van der Waals surface area contributed by atoms with Crippen molar-refractivity contribution in [3.63, 3.8) is 0 Å². The quantitative estimate of drug-likeness (QED) is 0.395. The van der Waals surface area contributed by atoms with Crippen molar-refractivity contribution in [1.29, 1.82) is 0 Å². The Morgan fingerprint density at radius 3 is 2.56 bits per heavy atom. The van der Waals surface area contributed by atoms with E-state index in [0.717, 1.165) is 11.1 Å². The molecule has 8 heteroatoms. The van der Waals surface area contributed by atoms with Gasteiger partial charge in [-0.2, -0.15) is 0 Å². The standard InChI is InChI=1S/C26H28N4O4/c1-5-33-26(32)24-22(16-34-18-8-11-27-12-9-18)30(4)21-13-19(17-7-6-10-28-14-17)25(31)20(23(21)24)15-29(2)3/h6-14,31H,5,15-16H2,1-4H3. The molecule has 4 rings (SSSR count). The lowest BCUT2D eigenvalue weighted by molar-refractivity contribution is 0.0525. The van der Waals surface area contributed by atoms with E-state index in [0.29, 0.717) is 40.1 Å². The highest BCUT2D eigenvalue weighted by Gasteiger charge is 2.28. The number of carbonyl (C=O) groups is 1. The number of esters is 1. The summed E-state index contributed by atoms with van der Waals surface area (Å²) in [6, 6.07) is 9.14. The Hall–Kier alpha value is -3.91. The molecule has 0 fully saturated rings. The van der Waals surface area contributed by atoms with Gasteiger partial charge in [-0.25, -0.2) is 4.79 Å². The molecule has 0 spiro atoms. The second-order valence-electron chi connectivity index (χ2n) is 8.20. The third kappa shape index (κ3) is 4.45. The molecule has 34 heavy (non-hydrogen) atoms. The van der Waals surface area contributed by atoms with E-state index in [1.807, 2.05) is 48.8 Å². The number of aromatic nitrogens is 3. The third-order valence-corrected chi connectivity index (χ3v) is 5.64. The Morgan fingerprint density at radius 2 is 1.91 bits per heavy atom. The minimum atomic E-state index is -0.449. The van der Waals surface area contributed by atoms with Gasteiger partial charge in [0, 0.05) is 60.5 Å². The number of aromatic hydroxyl groups is 1. The summed E-state index contributed by atoms with van der Waals surface area (Å²) in [6.45, 7) is 2.59. The maximum atomic E-state index is 13.2. The summed E-state index contributed by atoms with van der Waals surface area (Å²) in [7, 11) is 5.73. The van der Waals surface area contributed by atoms with Crippen LogP contribution < -0.4 is 4.74 Å². The first-order valence-corrected chi connectivity index (χ1v) is 11.0. The zero-order valence-electron chi connectivity index (χ0n) is 19.8. The van der Waals surface area contributed by atoms with Crippen LogP contribution in [-0.4, -0.2) is 51.2 Å². The maximum Gasteiger partial charge on any atom is 0.340 e. The summed E-state index contributed by atoms with van der Waals surface area (Å²) in [5.41, 5.74) is 3.94. The minimum Gasteiger partial charge on any atom is -0.507 e. The van der Waals surface area contributed by atoms with E-state index in [1.54, 1.807) is 43.8 Å². The summed E-state index contributed by atoms with van der Waals surface area (Å²) in [5, 5.41) is 12.0. The van der Waals surface area contributed by atoms with Crippen LogP contribution >= 0.6 is 0 Å². The van der Waals surface area contributed by atoms with Gasteiger partial charge in [0.1, 0.15) is 18.1 Å². The summed E-state index contributed by atoms with van der Waals surface area (Å²) >= 11 is 0. The fourth-order valence-electron chi connectivity index (χ4n) is 4.10. The molecule has 0 saturated heterocycles. The maximum absolute atomic E-state index is 13.2. The molecule has 0 aliphatic carbocycles. The number of hydrogen-bond acceptors (Lipinski definition) is 7. The number of hydrogen-bond donors (Lipinski definition) is 1. The SMILES string of the molecule is CCOC(=O)c1c(COc2ccncc2)n(C)c2cc(-c3cccnc3)c(O)c(CN(C)C)c12. The van der Waals surface area contributed by atoms with Gasteiger partial charge in [0.15, 0.2) is 0 Å². The molecule has 4 aromatic rings. The van der Waals surface area contributed by atoms with Crippen LogP contribution in [0, 0.1) is 0 Å². The van der Waals surface area contributed by atoms with Crippen LogP contribution in [0.3, 0.4) is 0 Å². The van der Waals surface area contributed by atoms with Crippen LogP contribution in [0.1, 0.15) is 28.5 Å². The molecule has 3 heterocycles. The Labute approximate surface area is 198 Å². The zero-order valence-corrected chi connectivity index (χ0v) is 19.8. The number of phenols is 1. The lowest BCUT2D eigenvalue weighted by Gasteiger charge is -2.17. The summed E-state index contributed by atoms with van der Waals surface area (Å²) in [4.78, 5) is 23.4. The van der Waals surface area contributed by atoms with E-state index >= 15 is 0 Å². The molecule has 1 aromatic carbocycles. The van der Waals surface area contributed by atoms with Crippen LogP contribution in [0.25, 0.3) is 22.0 Å². The summed E-state index contributed by atoms with van der Waals surface area (Å²) < 4.78 is 13.4. The largest absolute Gasteiger partial charge is 0.507 e. The van der Waals surface area contributed by atoms with E-state index in [4.69, 9.17) is 9.47 Å². The third-order valence-electron chi connectivity index (χ3n) is 5.64. The molecule has 3 aromatic heterocycles. The summed E-state index contributed by atoms with van der Waals surface area (Å²) in [6.07, 6.45) is 6.70. The van der Waals surface area contributed by atoms with Crippen molar-refractivity contribution in [2.45, 2.75) is 20.1 Å². The van der Waals surface area contributed by atoms with Gasteiger partial charge in [-0.15, -0.1) is 0 Å². The van der Waals surface area contributed by atoms with Gasteiger partial charge in [0.2, 0.25) is 0 Å². The molecule has 0 amide bonds. The highest BCUT2D eigenvalue weighted by Crippen LogP contribution is 2.41. The van der Waals surface area contributed by atoms with E-state index in [9.17, 15) is 9.90 Å². The van der Waals surface area contributed by atoms with Crippen LogP contribution in [0.4, 0.5) is 0 Å². The topological polar surface area (TPSA) is 89.7 Å². The summed E-state index contributed by atoms with van der Waals surface area (Å²) in [5.74, 6) is 0.310. The first-order chi connectivity index (χ1) is 16.4. The van der Waals surface area contributed by atoms with E-state index in [1.165, 1.54) is 0 Å². The van der Waals surface area contributed by atoms with Crippen molar-refractivity contribution < 1.29 is 19.4 Å². The van der Waals surface area contributed by atoms with Crippen molar-refractivity contribution in [2.24, 2.45) is 7.05 Å². The molecular formula is C26H28N4O4. The van der Waals surface area contributed by atoms with E-state index in [-0.39, 0.29) is 19.0 Å². The fraction of sp³-hybridized carbons (Fsp3) is 0.269. The number of fused-ring (bicyclic) bond motifs is 1. The number of phenolic OH excluding ortho intramolecular Hbond substituents is 1. The van der Waals surface area contributed by atoms with Crippen molar-refractivity contribution in [3.05, 3.63) is 71.9 Å². The lowest BCUT2D eigenvalue weighted by Crippen LogP contribution is -2.13. The second kappa shape index (κ2) is 9.93. The molecule has 0 aliphatic rings. The molecule has 1 N–H and O–H groups in total. The molecule has 176 valence electrons. The van der Waals surface area contributed by atoms with Gasteiger partial charge >= 0.3 is 5.97 Å². The normalized spacial score (nSPS) is 11.2. The average Bonchev–Trinajstić information content (AvgIpc) is 3.12. The molecule has 0 radical (unpaired) electrons. The van der Waals surface area contributed by atoms with Gasteiger partial charge in [-0.1, -0.05) is 6.07 Å². The lowest BCUT2D eigenvalue weighted by atomic mass is 9.96. The van der Waals surface area contributed by atoms with Crippen molar-refractivity contribution in [1.82, 2.24) is 19.4 Å². The Bertz CT molecular complexity index is 1300. The number of benzene rings is 1. The number of carbonyl (C=O) groups excluding carboxylic acids is 1. The molecular weight excluding hydrogens is 432 g/mol. The minimum absolute atomic E-state index is 0.118. The molecule has 0 saturated carbocycles. The molecule has 0 bridgehead atoms. The van der Waals surface area contributed by atoms with Crippen LogP contribution in [0.15, 0.2) is 55.1 Å². The molecule has 0 unspecified atom stereocenters. The monoisotopic (exact) mass is 460 g/mol. The van der Waals surface area contributed by atoms with Gasteiger partial charge in [0.25, 0.3) is 0 Å². The Balaban J connectivity index is 1.98. The average molecular weight is 461 g/mol. The number of ether oxygens (including phenoxy) is 2. The number of nitrogens with zero attached hydrogens (tertiary/aromatic N) is 4. The van der Waals surface area contributed by atoms with Crippen molar-refractivity contribution in [2.75, 3.05) is 20.7 Å². The molecule has 0 atom stereocenters. The fourth-order valence-corrected chi connectivity index (χ4v) is 4.10. The highest BCUT2D eigenvalue weighted by atomic mass is 16.5. The van der Waals surface area contributed by atoms with Gasteiger partial charge in [-0.3, -0.25) is 9.97 Å². The molecule has 8 nitrogen and oxygen atoms in total. The van der Waals surface area contributed by atoms with Gasteiger partial charge in [0.05, 0.1) is 23.4 Å². The van der Waals surface area contributed by atoms with Crippen molar-refractivity contribution >= 4 is 16.9 Å². The first kappa shape index (κ1) is 23.3. The number of rotatable bonds is 8. The van der Waals surface area contributed by atoms with Gasteiger partial charge < -0.3 is 24.0 Å². The number of pyridine rings is 2. The number of aryl methyl sites for hydroxylation is 1. The van der Waals surface area contributed by atoms with Gasteiger partial charge in [-0.05, 0) is 45.3 Å². The zero-order chi connectivity index (χ0) is 24.2. The van der Waals surface area contributed by atoms with Crippen LogP contribution in [0.2, 0.25) is 0 Å². The van der Waals surface area contributed by atoms with Crippen LogP contribution in [0.5, 0.6) is 11.5 Å². The first-order valence-electron chi connectivity index (χ1n) is 11.0. The predicted molar refractivity (Wildman–Crippen MR) is 130 cm³/mol. The van der Waals surface area contributed by atoms with Crippen molar-refractivity contribution in [3.8, 4) is 22.6 Å². The van der Waals surface area contributed by atoms with E-state index in [2.05, 4.69) is 9.97 Å². The molecule has 0 aliphatic heterocycles. The van der Waals surface area contributed by atoms with Crippen LogP contribution in [-0.2, 0) is 24.9 Å². The predicted octanol–water partition coefficient (Wildman–Crippen LogP) is 4.16. The van der Waals surface area contributed by atoms with E-state index < -0.39 is 5.97 Å². The Kier molecular flexibility index (Phi) is 6.79. The smallest absolute Gasteiger partial charge is 0.340 e. The highest BCUT2D eigenvalue weighted by molar-refractivity contribution is 6.09.